The van der Waals surface area contributed by atoms with E-state index in [1.807, 2.05) is 30.5 Å². The van der Waals surface area contributed by atoms with E-state index >= 15 is 0 Å². The highest BCUT2D eigenvalue weighted by molar-refractivity contribution is 9.10. The number of H-pyrrole nitrogens is 1. The summed E-state index contributed by atoms with van der Waals surface area (Å²) in [6, 6.07) is 8.03. The van der Waals surface area contributed by atoms with Gasteiger partial charge in [0.2, 0.25) is 0 Å². The highest BCUT2D eigenvalue weighted by Gasteiger charge is 2.20. The van der Waals surface area contributed by atoms with Gasteiger partial charge in [0, 0.05) is 10.0 Å². The van der Waals surface area contributed by atoms with Crippen LogP contribution in [0, 0.1) is 6.92 Å². The van der Waals surface area contributed by atoms with Gasteiger partial charge in [0.25, 0.3) is 0 Å². The van der Waals surface area contributed by atoms with Gasteiger partial charge < -0.3 is 10.5 Å². The number of halogens is 1. The van der Waals surface area contributed by atoms with Crippen LogP contribution in [0.5, 0.6) is 5.75 Å². The molecule has 0 amide bonds. The number of methoxy groups -OCH3 is 1. The molecule has 3 aromatic rings. The summed E-state index contributed by atoms with van der Waals surface area (Å²) >= 11 is 5.19. The molecule has 0 saturated heterocycles. The van der Waals surface area contributed by atoms with Crippen LogP contribution in [-0.2, 0) is 0 Å². The average Bonchev–Trinajstić information content (AvgIpc) is 3.04. The van der Waals surface area contributed by atoms with Crippen molar-refractivity contribution in [3.63, 3.8) is 0 Å². The number of benzene rings is 1. The van der Waals surface area contributed by atoms with Crippen molar-refractivity contribution >= 4 is 33.1 Å². The van der Waals surface area contributed by atoms with Crippen molar-refractivity contribution in [1.29, 1.82) is 0 Å². The molecule has 2 heterocycles. The first-order valence-corrected chi connectivity index (χ1v) is 8.01. The molecule has 0 saturated carbocycles. The van der Waals surface area contributed by atoms with Gasteiger partial charge in [0.1, 0.15) is 5.75 Å². The zero-order valence-corrected chi connectivity index (χ0v) is 14.0. The number of nitrogens with zero attached hydrogens (tertiary/aromatic N) is 1. The molecule has 108 valence electrons. The molecule has 6 heteroatoms. The minimum absolute atomic E-state index is 0.467. The maximum Gasteiger partial charge on any atom is 0.153 e. The van der Waals surface area contributed by atoms with Crippen molar-refractivity contribution in [2.24, 2.45) is 0 Å². The summed E-state index contributed by atoms with van der Waals surface area (Å²) in [6.07, 6.45) is 0. The van der Waals surface area contributed by atoms with Gasteiger partial charge in [-0.3, -0.25) is 5.10 Å². The number of aromatic nitrogens is 2. The van der Waals surface area contributed by atoms with Crippen molar-refractivity contribution in [2.75, 3.05) is 12.8 Å². The van der Waals surface area contributed by atoms with Crippen LogP contribution in [0.4, 0.5) is 5.82 Å². The lowest BCUT2D eigenvalue weighted by atomic mass is 10.0. The molecule has 21 heavy (non-hydrogen) atoms. The number of nitrogens with two attached hydrogens (primary N) is 1. The Morgan fingerprint density at radius 2 is 2.14 bits per heavy atom. The first kappa shape index (κ1) is 14.2. The highest BCUT2D eigenvalue weighted by atomic mass is 79.9. The van der Waals surface area contributed by atoms with Crippen molar-refractivity contribution in [3.8, 4) is 27.4 Å². The molecule has 0 spiro atoms. The Kier molecular flexibility index (Phi) is 3.73. The molecule has 0 atom stereocenters. The third-order valence-corrected chi connectivity index (χ3v) is 5.12. The number of aryl methyl sites for hydroxylation is 1. The summed E-state index contributed by atoms with van der Waals surface area (Å²) < 4.78 is 6.49. The maximum absolute atomic E-state index is 6.09. The number of rotatable bonds is 3. The fourth-order valence-electron chi connectivity index (χ4n) is 2.28. The summed E-state index contributed by atoms with van der Waals surface area (Å²) in [5.74, 6) is 1.25. The van der Waals surface area contributed by atoms with Crippen LogP contribution in [0.15, 0.2) is 34.1 Å². The van der Waals surface area contributed by atoms with E-state index in [4.69, 9.17) is 10.5 Å². The standard InChI is InChI=1S/C15H14BrN3OS/c1-8-3-4-11(20-2)9(7-8)12-13(18-19-15(12)17)14-10(16)5-6-21-14/h3-7H,1-2H3,(H3,17,18,19). The van der Waals surface area contributed by atoms with Crippen LogP contribution < -0.4 is 10.5 Å². The molecule has 0 unspecified atom stereocenters. The molecule has 4 nitrogen and oxygen atoms in total. The molecule has 2 aromatic heterocycles. The van der Waals surface area contributed by atoms with E-state index in [0.29, 0.717) is 5.82 Å². The quantitative estimate of drug-likeness (QED) is 0.721. The lowest BCUT2D eigenvalue weighted by molar-refractivity contribution is 0.416. The van der Waals surface area contributed by atoms with Gasteiger partial charge in [-0.2, -0.15) is 5.10 Å². The Balaban J connectivity index is 2.27. The Hall–Kier alpha value is -1.79. The summed E-state index contributed by atoms with van der Waals surface area (Å²) in [5, 5.41) is 9.24. The molecule has 3 rings (SSSR count). The Morgan fingerprint density at radius 1 is 1.33 bits per heavy atom. The SMILES string of the molecule is COc1ccc(C)cc1-c1c(N)n[nH]c1-c1sccc1Br. The maximum atomic E-state index is 6.09. The van der Waals surface area contributed by atoms with E-state index < -0.39 is 0 Å². The zero-order valence-electron chi connectivity index (χ0n) is 11.6. The summed E-state index contributed by atoms with van der Waals surface area (Å²) in [7, 11) is 1.66. The van der Waals surface area contributed by atoms with Crippen LogP contribution in [-0.4, -0.2) is 17.3 Å². The van der Waals surface area contributed by atoms with E-state index in [0.717, 1.165) is 37.5 Å². The average molecular weight is 364 g/mol. The van der Waals surface area contributed by atoms with E-state index in [-0.39, 0.29) is 0 Å². The van der Waals surface area contributed by atoms with Gasteiger partial charge in [-0.25, -0.2) is 0 Å². The molecule has 0 radical (unpaired) electrons. The van der Waals surface area contributed by atoms with Crippen LogP contribution in [0.25, 0.3) is 21.7 Å². The van der Waals surface area contributed by atoms with Gasteiger partial charge in [0.05, 0.1) is 23.2 Å². The number of hydrogen-bond acceptors (Lipinski definition) is 4. The number of anilines is 1. The molecule has 0 aliphatic carbocycles. The minimum Gasteiger partial charge on any atom is -0.496 e. The topological polar surface area (TPSA) is 63.9 Å². The van der Waals surface area contributed by atoms with Crippen LogP contribution >= 0.6 is 27.3 Å². The van der Waals surface area contributed by atoms with Gasteiger partial charge in [-0.1, -0.05) is 11.6 Å². The number of hydrogen-bond donors (Lipinski definition) is 2. The largest absolute Gasteiger partial charge is 0.496 e. The first-order valence-electron chi connectivity index (χ1n) is 6.34. The summed E-state index contributed by atoms with van der Waals surface area (Å²) in [5.41, 5.74) is 9.95. The smallest absolute Gasteiger partial charge is 0.153 e. The zero-order chi connectivity index (χ0) is 15.0. The van der Waals surface area contributed by atoms with Gasteiger partial charge in [-0.15, -0.1) is 11.3 Å². The molecule has 0 bridgehead atoms. The minimum atomic E-state index is 0.467. The van der Waals surface area contributed by atoms with E-state index in [9.17, 15) is 0 Å². The molecule has 1 aromatic carbocycles. The monoisotopic (exact) mass is 363 g/mol. The van der Waals surface area contributed by atoms with Crippen molar-refractivity contribution in [2.45, 2.75) is 6.92 Å². The van der Waals surface area contributed by atoms with E-state index in [1.54, 1.807) is 18.4 Å². The number of thiophene rings is 1. The summed E-state index contributed by atoms with van der Waals surface area (Å²) in [4.78, 5) is 1.07. The predicted molar refractivity (Wildman–Crippen MR) is 90.7 cm³/mol. The summed E-state index contributed by atoms with van der Waals surface area (Å²) in [6.45, 7) is 2.04. The molecule has 0 aliphatic rings. The molecule has 0 fully saturated rings. The molecular weight excluding hydrogens is 350 g/mol. The molecule has 3 N–H and O–H groups in total. The second kappa shape index (κ2) is 5.54. The number of ether oxygens (including phenoxy) is 1. The highest BCUT2D eigenvalue weighted by Crippen LogP contribution is 2.43. The van der Waals surface area contributed by atoms with Gasteiger partial charge in [0.15, 0.2) is 5.82 Å². The van der Waals surface area contributed by atoms with Gasteiger partial charge >= 0.3 is 0 Å². The Morgan fingerprint density at radius 3 is 2.81 bits per heavy atom. The predicted octanol–water partition coefficient (Wildman–Crippen LogP) is 4.47. The number of nitrogens with one attached hydrogen (secondary N) is 1. The van der Waals surface area contributed by atoms with Crippen molar-refractivity contribution in [1.82, 2.24) is 10.2 Å². The lowest BCUT2D eigenvalue weighted by Gasteiger charge is -2.10. The third kappa shape index (κ3) is 2.45. The van der Waals surface area contributed by atoms with Crippen LogP contribution in [0.1, 0.15) is 5.56 Å². The first-order chi connectivity index (χ1) is 10.1. The Bertz CT molecular complexity index is 794. The van der Waals surface area contributed by atoms with Gasteiger partial charge in [-0.05, 0) is 46.4 Å². The number of aromatic amines is 1. The second-order valence-electron chi connectivity index (χ2n) is 4.66. The van der Waals surface area contributed by atoms with E-state index in [1.165, 1.54) is 0 Å². The van der Waals surface area contributed by atoms with Crippen LogP contribution in [0.3, 0.4) is 0 Å². The van der Waals surface area contributed by atoms with E-state index in [2.05, 4.69) is 32.2 Å². The van der Waals surface area contributed by atoms with Crippen molar-refractivity contribution < 1.29 is 4.74 Å². The lowest BCUT2D eigenvalue weighted by Crippen LogP contribution is -1.93. The number of nitrogen functional groups attached to an aromatic ring is 1. The second-order valence-corrected chi connectivity index (χ2v) is 6.43. The van der Waals surface area contributed by atoms with Crippen LogP contribution in [0.2, 0.25) is 0 Å². The Labute approximate surface area is 135 Å². The fraction of sp³-hybridized carbons (Fsp3) is 0.133. The molecular formula is C15H14BrN3OS. The third-order valence-electron chi connectivity index (χ3n) is 3.26. The molecule has 0 aliphatic heterocycles. The fourth-order valence-corrected chi connectivity index (χ4v) is 3.85. The van der Waals surface area contributed by atoms with Crippen molar-refractivity contribution in [3.05, 3.63) is 39.7 Å². The normalized spacial score (nSPS) is 10.8.